The van der Waals surface area contributed by atoms with Gasteiger partial charge in [-0.15, -0.1) is 11.3 Å². The minimum atomic E-state index is -4.42. The number of carbonyl (C=O) groups is 1. The van der Waals surface area contributed by atoms with Crippen molar-refractivity contribution in [3.8, 4) is 0 Å². The Kier molecular flexibility index (Phi) is 6.01. The SMILES string of the molecule is Cc1cccc2oc(SCc3nc(C(=O)NCc4cccc(C(F)(F)F)c4)cs3)nc12. The lowest BCUT2D eigenvalue weighted by Gasteiger charge is -2.09. The maximum absolute atomic E-state index is 12.8. The van der Waals surface area contributed by atoms with E-state index in [9.17, 15) is 18.0 Å². The molecule has 0 saturated heterocycles. The largest absolute Gasteiger partial charge is 0.431 e. The third-order valence-corrected chi connectivity index (χ3v) is 6.28. The molecular formula is C21H16F3N3O2S2. The van der Waals surface area contributed by atoms with Crippen LogP contribution in [-0.4, -0.2) is 15.9 Å². The first-order valence-corrected chi connectivity index (χ1v) is 11.0. The number of benzene rings is 2. The fourth-order valence-corrected chi connectivity index (χ4v) is 4.49. The number of hydrogen-bond donors (Lipinski definition) is 1. The van der Waals surface area contributed by atoms with E-state index in [1.807, 2.05) is 25.1 Å². The summed E-state index contributed by atoms with van der Waals surface area (Å²) in [5.74, 6) is 0.0414. The molecule has 4 rings (SSSR count). The number of nitrogens with zero attached hydrogens (tertiary/aromatic N) is 2. The summed E-state index contributed by atoms with van der Waals surface area (Å²) in [6, 6.07) is 10.6. The number of alkyl halides is 3. The van der Waals surface area contributed by atoms with Gasteiger partial charge in [-0.1, -0.05) is 36.0 Å². The molecule has 0 saturated carbocycles. The first kappa shape index (κ1) is 21.4. The number of thioether (sulfide) groups is 1. The summed E-state index contributed by atoms with van der Waals surface area (Å²) in [4.78, 5) is 21.1. The zero-order valence-electron chi connectivity index (χ0n) is 16.2. The number of carbonyl (C=O) groups excluding carboxylic acids is 1. The first-order valence-electron chi connectivity index (χ1n) is 9.17. The number of aryl methyl sites for hydroxylation is 1. The fourth-order valence-electron chi connectivity index (χ4n) is 2.86. The predicted molar refractivity (Wildman–Crippen MR) is 113 cm³/mol. The molecular weight excluding hydrogens is 447 g/mol. The van der Waals surface area contributed by atoms with Crippen molar-refractivity contribution in [2.75, 3.05) is 0 Å². The van der Waals surface area contributed by atoms with Crippen LogP contribution in [0.15, 0.2) is 57.5 Å². The molecule has 1 amide bonds. The Morgan fingerprint density at radius 1 is 1.19 bits per heavy atom. The maximum atomic E-state index is 12.8. The number of oxazole rings is 1. The quantitative estimate of drug-likeness (QED) is 0.364. The number of aromatic nitrogens is 2. The Hall–Kier alpha value is -2.85. The molecule has 4 aromatic rings. The van der Waals surface area contributed by atoms with Gasteiger partial charge in [0.15, 0.2) is 5.58 Å². The summed E-state index contributed by atoms with van der Waals surface area (Å²) < 4.78 is 44.1. The van der Waals surface area contributed by atoms with Crippen molar-refractivity contribution in [3.63, 3.8) is 0 Å². The van der Waals surface area contributed by atoms with Crippen molar-refractivity contribution >= 4 is 40.1 Å². The number of halogens is 3. The molecule has 0 aliphatic rings. The number of para-hydroxylation sites is 1. The van der Waals surface area contributed by atoms with E-state index in [1.54, 1.807) is 5.38 Å². The van der Waals surface area contributed by atoms with Gasteiger partial charge in [-0.05, 0) is 36.2 Å². The second-order valence-corrected chi connectivity index (χ2v) is 8.57. The van der Waals surface area contributed by atoms with E-state index < -0.39 is 17.6 Å². The molecule has 0 aliphatic carbocycles. The summed E-state index contributed by atoms with van der Waals surface area (Å²) in [6.45, 7) is 1.94. The number of nitrogens with one attached hydrogen (secondary N) is 1. The van der Waals surface area contributed by atoms with E-state index in [4.69, 9.17) is 4.42 Å². The van der Waals surface area contributed by atoms with Crippen LogP contribution in [0.3, 0.4) is 0 Å². The zero-order chi connectivity index (χ0) is 22.0. The molecule has 0 unspecified atom stereocenters. The number of amides is 1. The summed E-state index contributed by atoms with van der Waals surface area (Å²) in [5.41, 5.74) is 2.40. The molecule has 2 heterocycles. The monoisotopic (exact) mass is 463 g/mol. The standard InChI is InChI=1S/C21H16F3N3O2S2/c1-12-4-2-7-16-18(12)27-20(29-16)31-11-17-26-15(10-30-17)19(28)25-9-13-5-3-6-14(8-13)21(22,23)24/h2-8,10H,9,11H2,1H3,(H,25,28). The van der Waals surface area contributed by atoms with Gasteiger partial charge in [-0.3, -0.25) is 4.79 Å². The van der Waals surface area contributed by atoms with Crippen molar-refractivity contribution in [1.82, 2.24) is 15.3 Å². The van der Waals surface area contributed by atoms with Crippen LogP contribution in [0.25, 0.3) is 11.1 Å². The van der Waals surface area contributed by atoms with Crippen LogP contribution in [-0.2, 0) is 18.5 Å². The second-order valence-electron chi connectivity index (χ2n) is 6.70. The minimum Gasteiger partial charge on any atom is -0.431 e. The van der Waals surface area contributed by atoms with Crippen LogP contribution in [0.1, 0.15) is 32.2 Å². The van der Waals surface area contributed by atoms with Crippen molar-refractivity contribution in [2.24, 2.45) is 0 Å². The van der Waals surface area contributed by atoms with Crippen molar-refractivity contribution in [3.05, 3.63) is 75.2 Å². The van der Waals surface area contributed by atoms with Crippen LogP contribution in [0.5, 0.6) is 0 Å². The molecule has 5 nitrogen and oxygen atoms in total. The Labute approximate surface area is 183 Å². The Morgan fingerprint density at radius 3 is 2.77 bits per heavy atom. The Balaban J connectivity index is 1.35. The van der Waals surface area contributed by atoms with Gasteiger partial charge in [-0.2, -0.15) is 13.2 Å². The molecule has 0 bridgehead atoms. The van der Waals surface area contributed by atoms with E-state index in [1.165, 1.54) is 35.2 Å². The van der Waals surface area contributed by atoms with E-state index in [2.05, 4.69) is 15.3 Å². The lowest BCUT2D eigenvalue weighted by atomic mass is 10.1. The summed E-state index contributed by atoms with van der Waals surface area (Å²) in [7, 11) is 0. The topological polar surface area (TPSA) is 68.0 Å². The lowest BCUT2D eigenvalue weighted by Crippen LogP contribution is -2.23. The van der Waals surface area contributed by atoms with Crippen LogP contribution in [0.2, 0.25) is 0 Å². The highest BCUT2D eigenvalue weighted by Crippen LogP contribution is 2.30. The Morgan fingerprint density at radius 2 is 2.00 bits per heavy atom. The van der Waals surface area contributed by atoms with Gasteiger partial charge in [0.05, 0.1) is 11.3 Å². The molecule has 0 aliphatic heterocycles. The number of thiazole rings is 1. The van der Waals surface area contributed by atoms with Crippen LogP contribution in [0, 0.1) is 6.92 Å². The van der Waals surface area contributed by atoms with Gasteiger partial charge in [0, 0.05) is 11.9 Å². The highest BCUT2D eigenvalue weighted by molar-refractivity contribution is 7.98. The molecule has 0 fully saturated rings. The number of hydrogen-bond acceptors (Lipinski definition) is 6. The summed E-state index contributed by atoms with van der Waals surface area (Å²) in [5, 5.41) is 5.46. The molecule has 1 N–H and O–H groups in total. The highest BCUT2D eigenvalue weighted by Gasteiger charge is 2.30. The molecule has 2 aromatic heterocycles. The van der Waals surface area contributed by atoms with Gasteiger partial charge in [-0.25, -0.2) is 9.97 Å². The number of rotatable bonds is 6. The molecule has 2 aromatic carbocycles. The van der Waals surface area contributed by atoms with Gasteiger partial charge < -0.3 is 9.73 Å². The van der Waals surface area contributed by atoms with E-state index in [-0.39, 0.29) is 12.2 Å². The molecule has 160 valence electrons. The van der Waals surface area contributed by atoms with Crippen molar-refractivity contribution in [2.45, 2.75) is 30.6 Å². The molecule has 10 heteroatoms. The molecule has 0 radical (unpaired) electrons. The molecule has 0 atom stereocenters. The van der Waals surface area contributed by atoms with E-state index in [0.29, 0.717) is 21.5 Å². The first-order chi connectivity index (χ1) is 14.8. The minimum absolute atomic E-state index is 0.0212. The molecule has 0 spiro atoms. The van der Waals surface area contributed by atoms with E-state index in [0.717, 1.165) is 28.8 Å². The zero-order valence-corrected chi connectivity index (χ0v) is 17.8. The normalized spacial score (nSPS) is 11.7. The van der Waals surface area contributed by atoms with Gasteiger partial charge in [0.1, 0.15) is 16.2 Å². The fraction of sp³-hybridized carbons (Fsp3) is 0.190. The van der Waals surface area contributed by atoms with Crippen LogP contribution >= 0.6 is 23.1 Å². The Bertz CT molecular complexity index is 1230. The van der Waals surface area contributed by atoms with Crippen molar-refractivity contribution in [1.29, 1.82) is 0 Å². The molecule has 31 heavy (non-hydrogen) atoms. The van der Waals surface area contributed by atoms with Crippen molar-refractivity contribution < 1.29 is 22.4 Å². The average molecular weight is 464 g/mol. The lowest BCUT2D eigenvalue weighted by molar-refractivity contribution is -0.137. The van der Waals surface area contributed by atoms with Crippen LogP contribution in [0.4, 0.5) is 13.2 Å². The smallest absolute Gasteiger partial charge is 0.416 e. The third kappa shape index (κ3) is 5.08. The predicted octanol–water partition coefficient (Wildman–Crippen LogP) is 5.83. The van der Waals surface area contributed by atoms with E-state index >= 15 is 0 Å². The summed E-state index contributed by atoms with van der Waals surface area (Å²) >= 11 is 2.70. The van der Waals surface area contributed by atoms with Gasteiger partial charge in [0.2, 0.25) is 0 Å². The second kappa shape index (κ2) is 8.72. The average Bonchev–Trinajstić information content (AvgIpc) is 3.38. The van der Waals surface area contributed by atoms with Gasteiger partial charge >= 0.3 is 6.18 Å². The third-order valence-electron chi connectivity index (χ3n) is 4.41. The maximum Gasteiger partial charge on any atom is 0.416 e. The van der Waals surface area contributed by atoms with Gasteiger partial charge in [0.25, 0.3) is 11.1 Å². The highest BCUT2D eigenvalue weighted by atomic mass is 32.2. The summed E-state index contributed by atoms with van der Waals surface area (Å²) in [6.07, 6.45) is -4.42. The number of fused-ring (bicyclic) bond motifs is 1. The van der Waals surface area contributed by atoms with Crippen LogP contribution < -0.4 is 5.32 Å².